The van der Waals surface area contributed by atoms with Crippen molar-refractivity contribution in [1.82, 2.24) is 0 Å². The molecule has 1 rings (SSSR count). The molecule has 0 aromatic carbocycles. The molecule has 1 saturated heterocycles. The van der Waals surface area contributed by atoms with Crippen LogP contribution in [0.2, 0.25) is 0 Å². The average molecular weight is 154 g/mol. The molecule has 0 aromatic heterocycles. The first kappa shape index (κ1) is 8.31. The smallest absolute Gasteiger partial charge is 0.305 e. The van der Waals surface area contributed by atoms with Crippen molar-refractivity contribution in [1.29, 1.82) is 0 Å². The van der Waals surface area contributed by atoms with Crippen molar-refractivity contribution in [3.8, 4) is 0 Å². The van der Waals surface area contributed by atoms with E-state index in [1.165, 1.54) is 0 Å². The second-order valence-electron chi connectivity index (χ2n) is 2.94. The third-order valence-corrected chi connectivity index (χ3v) is 2.05. The van der Waals surface area contributed by atoms with Crippen LogP contribution < -0.4 is 0 Å². The highest BCUT2D eigenvalue weighted by atomic mass is 16.5. The number of cyclic esters (lactones) is 1. The SMILES string of the molecule is C=CC[C@H]1CCOC(=O)CC1. The maximum atomic E-state index is 10.8. The topological polar surface area (TPSA) is 26.3 Å². The lowest BCUT2D eigenvalue weighted by atomic mass is 9.97. The largest absolute Gasteiger partial charge is 0.466 e. The van der Waals surface area contributed by atoms with E-state index >= 15 is 0 Å². The van der Waals surface area contributed by atoms with E-state index < -0.39 is 0 Å². The van der Waals surface area contributed by atoms with Crippen LogP contribution >= 0.6 is 0 Å². The van der Waals surface area contributed by atoms with Crippen LogP contribution in [-0.4, -0.2) is 12.6 Å². The van der Waals surface area contributed by atoms with E-state index in [0.717, 1.165) is 19.3 Å². The third-order valence-electron chi connectivity index (χ3n) is 2.05. The summed E-state index contributed by atoms with van der Waals surface area (Å²) in [4.78, 5) is 10.8. The minimum Gasteiger partial charge on any atom is -0.466 e. The van der Waals surface area contributed by atoms with Gasteiger partial charge in [0.05, 0.1) is 6.61 Å². The van der Waals surface area contributed by atoms with Crippen LogP contribution in [0.3, 0.4) is 0 Å². The molecule has 0 aliphatic carbocycles. The molecule has 1 atom stereocenters. The first-order valence-electron chi connectivity index (χ1n) is 4.09. The molecule has 0 aromatic rings. The summed E-state index contributed by atoms with van der Waals surface area (Å²) in [6.45, 7) is 4.27. The summed E-state index contributed by atoms with van der Waals surface area (Å²) in [5.41, 5.74) is 0. The van der Waals surface area contributed by atoms with Crippen molar-refractivity contribution >= 4 is 5.97 Å². The number of carbonyl (C=O) groups excluding carboxylic acids is 1. The predicted molar refractivity (Wildman–Crippen MR) is 43.1 cm³/mol. The fraction of sp³-hybridized carbons (Fsp3) is 0.667. The number of rotatable bonds is 2. The zero-order chi connectivity index (χ0) is 8.10. The van der Waals surface area contributed by atoms with Gasteiger partial charge in [-0.3, -0.25) is 4.79 Å². The monoisotopic (exact) mass is 154 g/mol. The van der Waals surface area contributed by atoms with Crippen LogP contribution in [-0.2, 0) is 9.53 Å². The predicted octanol–water partition coefficient (Wildman–Crippen LogP) is 1.91. The van der Waals surface area contributed by atoms with Gasteiger partial charge in [0.2, 0.25) is 0 Å². The summed E-state index contributed by atoms with van der Waals surface area (Å²) < 4.78 is 4.91. The van der Waals surface area contributed by atoms with Crippen LogP contribution in [0.1, 0.15) is 25.7 Å². The van der Waals surface area contributed by atoms with E-state index in [0.29, 0.717) is 18.9 Å². The number of allylic oxidation sites excluding steroid dienone is 1. The van der Waals surface area contributed by atoms with Gasteiger partial charge in [0, 0.05) is 6.42 Å². The Morgan fingerprint density at radius 2 is 2.45 bits per heavy atom. The van der Waals surface area contributed by atoms with Crippen molar-refractivity contribution in [2.75, 3.05) is 6.61 Å². The highest BCUT2D eigenvalue weighted by Gasteiger charge is 2.15. The lowest BCUT2D eigenvalue weighted by Gasteiger charge is -2.07. The lowest BCUT2D eigenvalue weighted by molar-refractivity contribution is -0.142. The van der Waals surface area contributed by atoms with Crippen LogP contribution in [0.4, 0.5) is 0 Å². The van der Waals surface area contributed by atoms with Crippen LogP contribution in [0.15, 0.2) is 12.7 Å². The van der Waals surface area contributed by atoms with E-state index in [-0.39, 0.29) is 5.97 Å². The minimum absolute atomic E-state index is 0.0448. The van der Waals surface area contributed by atoms with Gasteiger partial charge < -0.3 is 4.74 Å². The maximum absolute atomic E-state index is 10.8. The van der Waals surface area contributed by atoms with Gasteiger partial charge in [-0.15, -0.1) is 6.58 Å². The van der Waals surface area contributed by atoms with Gasteiger partial charge in [0.1, 0.15) is 0 Å². The number of hydrogen-bond donors (Lipinski definition) is 0. The number of ether oxygens (including phenoxy) is 1. The van der Waals surface area contributed by atoms with Gasteiger partial charge in [0.15, 0.2) is 0 Å². The molecule has 0 saturated carbocycles. The van der Waals surface area contributed by atoms with E-state index in [2.05, 4.69) is 6.58 Å². The lowest BCUT2D eigenvalue weighted by Crippen LogP contribution is -2.00. The van der Waals surface area contributed by atoms with E-state index in [1.807, 2.05) is 6.08 Å². The Kier molecular flexibility index (Phi) is 3.14. The zero-order valence-corrected chi connectivity index (χ0v) is 6.71. The summed E-state index contributed by atoms with van der Waals surface area (Å²) in [6, 6.07) is 0. The fourth-order valence-corrected chi connectivity index (χ4v) is 1.35. The van der Waals surface area contributed by atoms with Crippen LogP contribution in [0.5, 0.6) is 0 Å². The van der Waals surface area contributed by atoms with Gasteiger partial charge in [0.25, 0.3) is 0 Å². The molecule has 1 aliphatic heterocycles. The van der Waals surface area contributed by atoms with E-state index in [4.69, 9.17) is 4.74 Å². The highest BCUT2D eigenvalue weighted by Crippen LogP contribution is 2.19. The summed E-state index contributed by atoms with van der Waals surface area (Å²) in [5, 5.41) is 0. The van der Waals surface area contributed by atoms with Crippen molar-refractivity contribution < 1.29 is 9.53 Å². The van der Waals surface area contributed by atoms with Gasteiger partial charge >= 0.3 is 5.97 Å². The Labute approximate surface area is 67.2 Å². The van der Waals surface area contributed by atoms with Gasteiger partial charge in [-0.25, -0.2) is 0 Å². The zero-order valence-electron chi connectivity index (χ0n) is 6.71. The van der Waals surface area contributed by atoms with Crippen molar-refractivity contribution in [3.63, 3.8) is 0 Å². The van der Waals surface area contributed by atoms with Crippen molar-refractivity contribution in [3.05, 3.63) is 12.7 Å². The summed E-state index contributed by atoms with van der Waals surface area (Å²) in [5.74, 6) is 0.565. The van der Waals surface area contributed by atoms with E-state index in [1.54, 1.807) is 0 Å². The molecule has 2 heteroatoms. The average Bonchev–Trinajstić information content (AvgIpc) is 2.17. The Morgan fingerprint density at radius 3 is 3.18 bits per heavy atom. The molecule has 0 unspecified atom stereocenters. The van der Waals surface area contributed by atoms with Gasteiger partial charge in [-0.2, -0.15) is 0 Å². The molecular formula is C9H14O2. The van der Waals surface area contributed by atoms with Crippen molar-refractivity contribution in [2.24, 2.45) is 5.92 Å². The molecule has 0 spiro atoms. The Morgan fingerprint density at radius 1 is 1.64 bits per heavy atom. The molecule has 11 heavy (non-hydrogen) atoms. The number of carbonyl (C=O) groups is 1. The molecule has 62 valence electrons. The fourth-order valence-electron chi connectivity index (χ4n) is 1.35. The first-order valence-corrected chi connectivity index (χ1v) is 4.09. The molecule has 2 nitrogen and oxygen atoms in total. The van der Waals surface area contributed by atoms with Crippen LogP contribution in [0.25, 0.3) is 0 Å². The molecule has 1 aliphatic rings. The minimum atomic E-state index is -0.0448. The van der Waals surface area contributed by atoms with Crippen molar-refractivity contribution in [2.45, 2.75) is 25.7 Å². The third kappa shape index (κ3) is 2.74. The standard InChI is InChI=1S/C9H14O2/c1-2-3-8-4-5-9(10)11-7-6-8/h2,8H,1,3-7H2/t8-/m1/s1. The summed E-state index contributed by atoms with van der Waals surface area (Å²) >= 11 is 0. The number of esters is 1. The maximum Gasteiger partial charge on any atom is 0.305 e. The Hall–Kier alpha value is -0.790. The molecule has 0 radical (unpaired) electrons. The summed E-state index contributed by atoms with van der Waals surface area (Å²) in [7, 11) is 0. The quantitative estimate of drug-likeness (QED) is 0.448. The molecule has 0 N–H and O–H groups in total. The Bertz CT molecular complexity index is 152. The van der Waals surface area contributed by atoms with Gasteiger partial charge in [-0.05, 0) is 25.2 Å². The van der Waals surface area contributed by atoms with Crippen LogP contribution in [0, 0.1) is 5.92 Å². The molecule has 1 fully saturated rings. The number of hydrogen-bond acceptors (Lipinski definition) is 2. The normalized spacial score (nSPS) is 25.5. The highest BCUT2D eigenvalue weighted by molar-refractivity contribution is 5.69. The molecule has 1 heterocycles. The second kappa shape index (κ2) is 4.16. The first-order chi connectivity index (χ1) is 5.33. The summed E-state index contributed by atoms with van der Waals surface area (Å²) in [6.07, 6.45) is 5.47. The van der Waals surface area contributed by atoms with Gasteiger partial charge in [-0.1, -0.05) is 6.08 Å². The van der Waals surface area contributed by atoms with E-state index in [9.17, 15) is 4.79 Å². The second-order valence-corrected chi connectivity index (χ2v) is 2.94. The molecule has 0 bridgehead atoms. The Balaban J connectivity index is 2.33. The molecule has 0 amide bonds. The molecular weight excluding hydrogens is 140 g/mol.